The van der Waals surface area contributed by atoms with Gasteiger partial charge in [-0.15, -0.1) is 0 Å². The number of thioether (sulfide) groups is 1. The lowest BCUT2D eigenvalue weighted by Gasteiger charge is -2.26. The maximum Gasteiger partial charge on any atom is 0.330 e. The summed E-state index contributed by atoms with van der Waals surface area (Å²) in [5, 5.41) is 1.74. The molecule has 170 valence electrons. The van der Waals surface area contributed by atoms with Gasteiger partial charge in [0.05, 0.1) is 16.3 Å². The molecule has 9 heteroatoms. The molecule has 0 saturated heterocycles. The summed E-state index contributed by atoms with van der Waals surface area (Å²) in [5.74, 6) is 0.0470. The van der Waals surface area contributed by atoms with Crippen LogP contribution in [0.2, 0.25) is 0 Å². The maximum absolute atomic E-state index is 13.2. The Balaban J connectivity index is 1.91. The van der Waals surface area contributed by atoms with Crippen LogP contribution in [0.1, 0.15) is 27.7 Å². The lowest BCUT2D eigenvalue weighted by Crippen LogP contribution is -2.43. The van der Waals surface area contributed by atoms with Gasteiger partial charge in [0.2, 0.25) is 5.91 Å². The van der Waals surface area contributed by atoms with Gasteiger partial charge in [0.25, 0.3) is 5.56 Å². The highest BCUT2D eigenvalue weighted by Gasteiger charge is 2.25. The van der Waals surface area contributed by atoms with E-state index in [0.29, 0.717) is 18.1 Å². The number of carbonyl (C=O) groups is 1. The Kier molecular flexibility index (Phi) is 7.40. The number of hydrogen-bond donors (Lipinski definition) is 2. The van der Waals surface area contributed by atoms with Crippen molar-refractivity contribution < 1.29 is 4.79 Å². The summed E-state index contributed by atoms with van der Waals surface area (Å²) in [5.41, 5.74) is 5.89. The molecular weight excluding hydrogens is 426 g/mol. The molecule has 0 saturated carbocycles. The SMILES string of the molecule is CC(C)CN(C(=O)CSc1ccc2ccccc2n1)c1c(N)n(CC(C)C)c(=O)[nH]c1=O. The van der Waals surface area contributed by atoms with E-state index in [4.69, 9.17) is 5.73 Å². The number of nitrogens with zero attached hydrogens (tertiary/aromatic N) is 3. The van der Waals surface area contributed by atoms with Crippen LogP contribution in [0.5, 0.6) is 0 Å². The topological polar surface area (TPSA) is 114 Å². The number of aromatic nitrogens is 3. The van der Waals surface area contributed by atoms with Gasteiger partial charge in [-0.2, -0.15) is 0 Å². The quantitative estimate of drug-likeness (QED) is 0.505. The number of nitrogen functional groups attached to an aromatic ring is 1. The zero-order chi connectivity index (χ0) is 23.4. The van der Waals surface area contributed by atoms with Crippen LogP contribution in [-0.2, 0) is 11.3 Å². The molecule has 1 aromatic carbocycles. The van der Waals surface area contributed by atoms with Crippen molar-refractivity contribution in [2.75, 3.05) is 22.9 Å². The van der Waals surface area contributed by atoms with Crippen molar-refractivity contribution in [1.29, 1.82) is 0 Å². The summed E-state index contributed by atoms with van der Waals surface area (Å²) in [6, 6.07) is 11.6. The van der Waals surface area contributed by atoms with Crippen molar-refractivity contribution in [2.24, 2.45) is 11.8 Å². The molecular formula is C23H29N5O3S. The van der Waals surface area contributed by atoms with Gasteiger partial charge in [-0.05, 0) is 24.0 Å². The predicted octanol–water partition coefficient (Wildman–Crippen LogP) is 3.10. The van der Waals surface area contributed by atoms with Crippen LogP contribution < -0.4 is 21.9 Å². The minimum atomic E-state index is -0.657. The molecule has 2 heterocycles. The molecule has 3 N–H and O–H groups in total. The number of pyridine rings is 1. The first-order chi connectivity index (χ1) is 15.2. The van der Waals surface area contributed by atoms with Gasteiger partial charge < -0.3 is 10.6 Å². The molecule has 3 rings (SSSR count). The van der Waals surface area contributed by atoms with Gasteiger partial charge >= 0.3 is 5.69 Å². The van der Waals surface area contributed by atoms with Crippen LogP contribution in [0, 0.1) is 11.8 Å². The number of nitrogens with one attached hydrogen (secondary N) is 1. The number of nitrogens with two attached hydrogens (primary N) is 1. The Morgan fingerprint density at radius 3 is 2.53 bits per heavy atom. The van der Waals surface area contributed by atoms with Crippen LogP contribution in [0.15, 0.2) is 51.0 Å². The lowest BCUT2D eigenvalue weighted by molar-refractivity contribution is -0.116. The zero-order valence-corrected chi connectivity index (χ0v) is 19.6. The molecule has 0 radical (unpaired) electrons. The second-order valence-electron chi connectivity index (χ2n) is 8.53. The van der Waals surface area contributed by atoms with Crippen molar-refractivity contribution in [1.82, 2.24) is 14.5 Å². The third-order valence-corrected chi connectivity index (χ3v) is 5.71. The van der Waals surface area contributed by atoms with E-state index in [1.54, 1.807) is 0 Å². The standard InChI is InChI=1S/C23H29N5O3S/c1-14(2)11-27(20-21(24)28(12-15(3)4)23(31)26-22(20)30)19(29)13-32-18-10-9-16-7-5-6-8-17(16)25-18/h5-10,14-15H,11-13,24H2,1-4H3,(H,26,30,31). The molecule has 2 aromatic heterocycles. The highest BCUT2D eigenvalue weighted by molar-refractivity contribution is 7.99. The number of amides is 1. The number of H-pyrrole nitrogens is 1. The Labute approximate surface area is 190 Å². The molecule has 0 unspecified atom stereocenters. The average Bonchev–Trinajstić information content (AvgIpc) is 2.73. The van der Waals surface area contributed by atoms with Crippen molar-refractivity contribution in [2.45, 2.75) is 39.3 Å². The first-order valence-electron chi connectivity index (χ1n) is 10.6. The summed E-state index contributed by atoms with van der Waals surface area (Å²) in [7, 11) is 0. The second-order valence-corrected chi connectivity index (χ2v) is 9.52. The Hall–Kier alpha value is -3.07. The van der Waals surface area contributed by atoms with E-state index < -0.39 is 11.2 Å². The lowest BCUT2D eigenvalue weighted by atomic mass is 10.2. The normalized spacial score (nSPS) is 11.4. The van der Waals surface area contributed by atoms with Gasteiger partial charge in [0.15, 0.2) is 5.69 Å². The van der Waals surface area contributed by atoms with E-state index in [1.807, 2.05) is 64.1 Å². The molecule has 0 aliphatic carbocycles. The van der Waals surface area contributed by atoms with Gasteiger partial charge in [-0.3, -0.25) is 19.1 Å². The summed E-state index contributed by atoms with van der Waals surface area (Å²) in [6.07, 6.45) is 0. The predicted molar refractivity (Wildman–Crippen MR) is 130 cm³/mol. The highest BCUT2D eigenvalue weighted by atomic mass is 32.2. The third kappa shape index (κ3) is 5.40. The van der Waals surface area contributed by atoms with Crippen LogP contribution in [-0.4, -0.2) is 32.7 Å². The van der Waals surface area contributed by atoms with E-state index in [0.717, 1.165) is 10.9 Å². The van der Waals surface area contributed by atoms with Crippen molar-refractivity contribution in [3.05, 3.63) is 57.2 Å². The monoisotopic (exact) mass is 455 g/mol. The molecule has 0 aliphatic rings. The Morgan fingerprint density at radius 1 is 1.12 bits per heavy atom. The Morgan fingerprint density at radius 2 is 1.84 bits per heavy atom. The number of para-hydroxylation sites is 1. The average molecular weight is 456 g/mol. The van der Waals surface area contributed by atoms with Gasteiger partial charge in [0, 0.05) is 18.5 Å². The zero-order valence-electron chi connectivity index (χ0n) is 18.8. The smallest absolute Gasteiger partial charge is 0.330 e. The molecule has 0 aliphatic heterocycles. The number of aromatic amines is 1. The van der Waals surface area contributed by atoms with Crippen LogP contribution in [0.3, 0.4) is 0 Å². The number of benzene rings is 1. The molecule has 0 spiro atoms. The molecule has 1 amide bonds. The fourth-order valence-corrected chi connectivity index (χ4v) is 4.16. The number of anilines is 2. The van der Waals surface area contributed by atoms with Gasteiger partial charge in [-0.25, -0.2) is 9.78 Å². The fraction of sp³-hybridized carbons (Fsp3) is 0.391. The minimum absolute atomic E-state index is 0.00952. The minimum Gasteiger partial charge on any atom is -0.383 e. The number of carbonyl (C=O) groups excluding carboxylic acids is 1. The summed E-state index contributed by atoms with van der Waals surface area (Å²) < 4.78 is 1.32. The molecule has 0 atom stereocenters. The molecule has 8 nitrogen and oxygen atoms in total. The fourth-order valence-electron chi connectivity index (χ4n) is 3.41. The van der Waals surface area contributed by atoms with Crippen molar-refractivity contribution >= 4 is 40.1 Å². The molecule has 0 bridgehead atoms. The van der Waals surface area contributed by atoms with E-state index in [2.05, 4.69) is 9.97 Å². The highest BCUT2D eigenvalue weighted by Crippen LogP contribution is 2.23. The van der Waals surface area contributed by atoms with Gasteiger partial charge in [-0.1, -0.05) is 63.7 Å². The molecule has 32 heavy (non-hydrogen) atoms. The number of fused-ring (bicyclic) bond motifs is 1. The summed E-state index contributed by atoms with van der Waals surface area (Å²) in [4.78, 5) is 46.5. The maximum atomic E-state index is 13.2. The van der Waals surface area contributed by atoms with Crippen LogP contribution >= 0.6 is 11.8 Å². The summed E-state index contributed by atoms with van der Waals surface area (Å²) >= 11 is 1.30. The number of hydrogen-bond acceptors (Lipinski definition) is 6. The molecule has 0 fully saturated rings. The van der Waals surface area contributed by atoms with Crippen LogP contribution in [0.4, 0.5) is 11.5 Å². The first-order valence-corrected chi connectivity index (χ1v) is 11.6. The van der Waals surface area contributed by atoms with Crippen molar-refractivity contribution in [3.8, 4) is 0 Å². The van der Waals surface area contributed by atoms with Gasteiger partial charge in [0.1, 0.15) is 5.82 Å². The third-order valence-electron chi connectivity index (χ3n) is 4.80. The summed E-state index contributed by atoms with van der Waals surface area (Å²) in [6.45, 7) is 8.44. The van der Waals surface area contributed by atoms with E-state index >= 15 is 0 Å². The second kappa shape index (κ2) is 10.0. The van der Waals surface area contributed by atoms with E-state index in [-0.39, 0.29) is 35.0 Å². The largest absolute Gasteiger partial charge is 0.383 e. The van der Waals surface area contributed by atoms with Crippen molar-refractivity contribution in [3.63, 3.8) is 0 Å². The number of rotatable bonds is 8. The van der Waals surface area contributed by atoms with Crippen LogP contribution in [0.25, 0.3) is 10.9 Å². The first kappa shape index (κ1) is 23.6. The van der Waals surface area contributed by atoms with E-state index in [9.17, 15) is 14.4 Å². The molecule has 3 aromatic rings. The Bertz CT molecular complexity index is 1230. The van der Waals surface area contributed by atoms with E-state index in [1.165, 1.54) is 21.2 Å².